The molecule has 0 atom stereocenters. The Morgan fingerprint density at radius 1 is 1.24 bits per heavy atom. The van der Waals surface area contributed by atoms with Crippen molar-refractivity contribution in [3.8, 4) is 0 Å². The first-order chi connectivity index (χ1) is 10.2. The Bertz CT molecular complexity index is 628. The summed E-state index contributed by atoms with van der Waals surface area (Å²) in [7, 11) is 0. The molecule has 2 rings (SSSR count). The van der Waals surface area contributed by atoms with Crippen LogP contribution < -0.4 is 10.6 Å². The molecule has 0 aliphatic rings. The van der Waals surface area contributed by atoms with Gasteiger partial charge in [0.05, 0.1) is 6.42 Å². The van der Waals surface area contributed by atoms with Crippen molar-refractivity contribution in [2.75, 3.05) is 17.2 Å². The molecule has 0 aliphatic carbocycles. The molecule has 0 radical (unpaired) electrons. The average Bonchev–Trinajstić information content (AvgIpc) is 2.46. The largest absolute Gasteiger partial charge is 0.365 e. The topological polar surface area (TPSA) is 66.9 Å². The van der Waals surface area contributed by atoms with Gasteiger partial charge in [-0.1, -0.05) is 18.2 Å². The summed E-state index contributed by atoms with van der Waals surface area (Å²) in [6, 6.07) is 9.26. The van der Waals surface area contributed by atoms with Gasteiger partial charge in [0, 0.05) is 6.54 Å². The van der Waals surface area contributed by atoms with E-state index in [-0.39, 0.29) is 18.1 Å². The number of aromatic nitrogens is 2. The molecule has 6 heteroatoms. The van der Waals surface area contributed by atoms with Crippen molar-refractivity contribution in [3.63, 3.8) is 0 Å². The molecule has 0 bridgehead atoms. The molecule has 1 amide bonds. The summed E-state index contributed by atoms with van der Waals surface area (Å²) in [6.45, 7) is 4.17. The molecule has 0 aliphatic heterocycles. The minimum absolute atomic E-state index is 0.0793. The van der Waals surface area contributed by atoms with Crippen LogP contribution in [0.3, 0.4) is 0 Å². The van der Waals surface area contributed by atoms with Gasteiger partial charge in [-0.15, -0.1) is 16.8 Å². The zero-order valence-electron chi connectivity index (χ0n) is 11.3. The molecular weight excluding hydrogens is 271 g/mol. The Morgan fingerprint density at radius 3 is 2.67 bits per heavy atom. The maximum atomic E-state index is 13.0. The fourth-order valence-electron chi connectivity index (χ4n) is 1.69. The van der Waals surface area contributed by atoms with Crippen molar-refractivity contribution >= 4 is 17.5 Å². The summed E-state index contributed by atoms with van der Waals surface area (Å²) in [5, 5.41) is 13.4. The van der Waals surface area contributed by atoms with Crippen molar-refractivity contribution in [1.29, 1.82) is 0 Å². The maximum Gasteiger partial charge on any atom is 0.229 e. The predicted octanol–water partition coefficient (Wildman–Crippen LogP) is 2.39. The Hall–Kier alpha value is -2.76. The van der Waals surface area contributed by atoms with Crippen molar-refractivity contribution in [2.45, 2.75) is 6.42 Å². The van der Waals surface area contributed by atoms with Crippen molar-refractivity contribution in [1.82, 2.24) is 10.2 Å². The molecule has 0 saturated heterocycles. The van der Waals surface area contributed by atoms with Crippen molar-refractivity contribution < 1.29 is 9.18 Å². The molecule has 108 valence electrons. The van der Waals surface area contributed by atoms with Crippen LogP contribution in [0.15, 0.2) is 49.1 Å². The van der Waals surface area contributed by atoms with Gasteiger partial charge in [-0.2, -0.15) is 0 Å². The summed E-state index contributed by atoms with van der Waals surface area (Å²) >= 11 is 0. The van der Waals surface area contributed by atoms with Gasteiger partial charge in [-0.25, -0.2) is 4.39 Å². The van der Waals surface area contributed by atoms with E-state index in [2.05, 4.69) is 27.4 Å². The number of amides is 1. The smallest absolute Gasteiger partial charge is 0.229 e. The first-order valence-electron chi connectivity index (χ1n) is 6.40. The molecule has 0 fully saturated rings. The highest BCUT2D eigenvalue weighted by Crippen LogP contribution is 2.08. The summed E-state index contributed by atoms with van der Waals surface area (Å²) in [5.74, 6) is 0.304. The van der Waals surface area contributed by atoms with E-state index in [4.69, 9.17) is 0 Å². The fraction of sp³-hybridized carbons (Fsp3) is 0.133. The number of benzene rings is 1. The van der Waals surface area contributed by atoms with E-state index < -0.39 is 0 Å². The van der Waals surface area contributed by atoms with Crippen LogP contribution >= 0.6 is 0 Å². The standard InChI is InChI=1S/C15H15FN4O/c1-2-8-17-13-6-7-14(20-19-13)18-15(21)10-11-4-3-5-12(16)9-11/h2-7,9H,1,8,10H2,(H,17,19)(H,18,20,21). The zero-order chi connectivity index (χ0) is 15.1. The van der Waals surface area contributed by atoms with E-state index in [0.29, 0.717) is 23.7 Å². The lowest BCUT2D eigenvalue weighted by Crippen LogP contribution is -2.16. The maximum absolute atomic E-state index is 13.0. The van der Waals surface area contributed by atoms with Gasteiger partial charge in [0.1, 0.15) is 11.6 Å². The van der Waals surface area contributed by atoms with Crippen LogP contribution in [0.2, 0.25) is 0 Å². The van der Waals surface area contributed by atoms with E-state index in [1.54, 1.807) is 30.3 Å². The molecule has 21 heavy (non-hydrogen) atoms. The fourth-order valence-corrected chi connectivity index (χ4v) is 1.69. The molecule has 0 spiro atoms. The van der Waals surface area contributed by atoms with Crippen molar-refractivity contribution in [3.05, 3.63) is 60.4 Å². The molecule has 0 unspecified atom stereocenters. The lowest BCUT2D eigenvalue weighted by molar-refractivity contribution is -0.115. The van der Waals surface area contributed by atoms with Crippen LogP contribution in [0.5, 0.6) is 0 Å². The SMILES string of the molecule is C=CCNc1ccc(NC(=O)Cc2cccc(F)c2)nn1. The molecule has 5 nitrogen and oxygen atoms in total. The lowest BCUT2D eigenvalue weighted by Gasteiger charge is -2.05. The van der Waals surface area contributed by atoms with E-state index in [1.807, 2.05) is 0 Å². The summed E-state index contributed by atoms with van der Waals surface area (Å²) < 4.78 is 13.0. The second-order valence-electron chi connectivity index (χ2n) is 4.33. The summed E-state index contributed by atoms with van der Waals surface area (Å²) in [4.78, 5) is 11.8. The lowest BCUT2D eigenvalue weighted by atomic mass is 10.1. The number of nitrogens with zero attached hydrogens (tertiary/aromatic N) is 2. The molecule has 1 heterocycles. The van der Waals surface area contributed by atoms with Gasteiger partial charge in [-0.05, 0) is 29.8 Å². The first kappa shape index (κ1) is 14.6. The summed E-state index contributed by atoms with van der Waals surface area (Å²) in [6.07, 6.45) is 1.78. The van der Waals surface area contributed by atoms with Crippen LogP contribution in [0.1, 0.15) is 5.56 Å². The minimum Gasteiger partial charge on any atom is -0.365 e. The van der Waals surface area contributed by atoms with Crippen LogP contribution in [-0.4, -0.2) is 22.6 Å². The molecule has 2 aromatic rings. The number of carbonyl (C=O) groups is 1. The predicted molar refractivity (Wildman–Crippen MR) is 79.5 cm³/mol. The third-order valence-electron chi connectivity index (χ3n) is 2.61. The monoisotopic (exact) mass is 286 g/mol. The second kappa shape index (κ2) is 7.14. The van der Waals surface area contributed by atoms with Gasteiger partial charge in [0.2, 0.25) is 5.91 Å². The van der Waals surface area contributed by atoms with Gasteiger partial charge in [0.25, 0.3) is 0 Å². The van der Waals surface area contributed by atoms with E-state index in [0.717, 1.165) is 0 Å². The van der Waals surface area contributed by atoms with Crippen LogP contribution in [0, 0.1) is 5.82 Å². The molecule has 2 N–H and O–H groups in total. The Balaban J connectivity index is 1.91. The first-order valence-corrected chi connectivity index (χ1v) is 6.40. The van der Waals surface area contributed by atoms with Crippen LogP contribution in [0.25, 0.3) is 0 Å². The third kappa shape index (κ3) is 4.68. The minimum atomic E-state index is -0.363. The van der Waals surface area contributed by atoms with Crippen LogP contribution in [0.4, 0.5) is 16.0 Å². The number of halogens is 1. The van der Waals surface area contributed by atoms with Gasteiger partial charge in [0.15, 0.2) is 5.82 Å². The Morgan fingerprint density at radius 2 is 2.00 bits per heavy atom. The van der Waals surface area contributed by atoms with E-state index in [1.165, 1.54) is 12.1 Å². The number of nitrogens with one attached hydrogen (secondary N) is 2. The second-order valence-corrected chi connectivity index (χ2v) is 4.33. The van der Waals surface area contributed by atoms with Gasteiger partial charge >= 0.3 is 0 Å². The highest BCUT2D eigenvalue weighted by molar-refractivity contribution is 5.91. The molecule has 1 aromatic heterocycles. The molecular formula is C15H15FN4O. The van der Waals surface area contributed by atoms with Crippen molar-refractivity contribution in [2.24, 2.45) is 0 Å². The van der Waals surface area contributed by atoms with Gasteiger partial charge in [-0.3, -0.25) is 4.79 Å². The summed E-state index contributed by atoms with van der Waals surface area (Å²) in [5.41, 5.74) is 0.602. The number of carbonyl (C=O) groups excluding carboxylic acids is 1. The normalized spacial score (nSPS) is 9.95. The molecule has 0 saturated carbocycles. The Labute approximate surface area is 121 Å². The Kier molecular flexibility index (Phi) is 4.98. The van der Waals surface area contributed by atoms with Crippen LogP contribution in [-0.2, 0) is 11.2 Å². The number of anilines is 2. The average molecular weight is 286 g/mol. The zero-order valence-corrected chi connectivity index (χ0v) is 11.3. The number of rotatable bonds is 6. The highest BCUT2D eigenvalue weighted by atomic mass is 19.1. The third-order valence-corrected chi connectivity index (χ3v) is 2.61. The van der Waals surface area contributed by atoms with E-state index >= 15 is 0 Å². The van der Waals surface area contributed by atoms with E-state index in [9.17, 15) is 9.18 Å². The number of hydrogen-bond acceptors (Lipinski definition) is 4. The highest BCUT2D eigenvalue weighted by Gasteiger charge is 2.06. The molecule has 1 aromatic carbocycles. The quantitative estimate of drug-likeness (QED) is 0.800. The van der Waals surface area contributed by atoms with Gasteiger partial charge < -0.3 is 10.6 Å². The number of hydrogen-bond donors (Lipinski definition) is 2.